The first-order valence-corrected chi connectivity index (χ1v) is 7.27. The van der Waals surface area contributed by atoms with Crippen molar-refractivity contribution in [3.8, 4) is 11.3 Å². The van der Waals surface area contributed by atoms with Crippen LogP contribution in [0.5, 0.6) is 0 Å². The molecule has 0 bridgehead atoms. The highest BCUT2D eigenvalue weighted by Gasteiger charge is 2.31. The van der Waals surface area contributed by atoms with Crippen LogP contribution in [0.4, 0.5) is 19.1 Å². The maximum atomic E-state index is 12.6. The molecule has 0 saturated carbocycles. The van der Waals surface area contributed by atoms with Gasteiger partial charge in [-0.3, -0.25) is 14.8 Å². The van der Waals surface area contributed by atoms with Crippen LogP contribution in [-0.2, 0) is 6.18 Å². The van der Waals surface area contributed by atoms with Crippen LogP contribution >= 0.6 is 11.6 Å². The van der Waals surface area contributed by atoms with Crippen molar-refractivity contribution in [1.82, 2.24) is 15.0 Å². The predicted molar refractivity (Wildman–Crippen MR) is 81.5 cm³/mol. The van der Waals surface area contributed by atoms with Gasteiger partial charge in [0.25, 0.3) is 5.56 Å². The van der Waals surface area contributed by atoms with Gasteiger partial charge in [-0.2, -0.15) is 13.2 Å². The molecule has 2 N–H and O–H groups in total. The first-order valence-electron chi connectivity index (χ1n) is 6.89. The summed E-state index contributed by atoms with van der Waals surface area (Å²) in [7, 11) is 0. The van der Waals surface area contributed by atoms with Gasteiger partial charge in [0, 0.05) is 18.9 Å². The van der Waals surface area contributed by atoms with Crippen molar-refractivity contribution in [2.75, 3.05) is 11.9 Å². The molecule has 9 heteroatoms. The zero-order chi connectivity index (χ0) is 17.0. The number of hydrogen-bond acceptors (Lipinski definition) is 4. The molecule has 0 aliphatic rings. The van der Waals surface area contributed by atoms with Crippen molar-refractivity contribution < 1.29 is 13.2 Å². The van der Waals surface area contributed by atoms with E-state index in [0.717, 1.165) is 18.9 Å². The second kappa shape index (κ2) is 6.99. The third-order valence-electron chi connectivity index (χ3n) is 3.05. The molecule has 2 aromatic heterocycles. The zero-order valence-corrected chi connectivity index (χ0v) is 12.9. The second-order valence-electron chi connectivity index (χ2n) is 4.81. The lowest BCUT2D eigenvalue weighted by Gasteiger charge is -2.09. The molecule has 124 valence electrons. The van der Waals surface area contributed by atoms with E-state index in [1.807, 2.05) is 6.92 Å². The highest BCUT2D eigenvalue weighted by atomic mass is 35.5. The molecule has 0 saturated heterocycles. The summed E-state index contributed by atoms with van der Waals surface area (Å²) in [4.78, 5) is 22.2. The molecule has 23 heavy (non-hydrogen) atoms. The molecule has 0 fully saturated rings. The molecule has 0 radical (unpaired) electrons. The molecule has 0 atom stereocenters. The van der Waals surface area contributed by atoms with E-state index >= 15 is 0 Å². The summed E-state index contributed by atoms with van der Waals surface area (Å²) < 4.78 is 37.8. The van der Waals surface area contributed by atoms with E-state index in [1.54, 1.807) is 0 Å². The number of pyridine rings is 1. The largest absolute Gasteiger partial charge is 0.417 e. The molecule has 2 rings (SSSR count). The van der Waals surface area contributed by atoms with E-state index in [1.165, 1.54) is 6.20 Å². The van der Waals surface area contributed by atoms with Gasteiger partial charge < -0.3 is 5.32 Å². The maximum Gasteiger partial charge on any atom is 0.417 e. The first kappa shape index (κ1) is 17.3. The predicted octanol–water partition coefficient (Wildman–Crippen LogP) is 3.72. The monoisotopic (exact) mass is 346 g/mol. The van der Waals surface area contributed by atoms with Crippen LogP contribution < -0.4 is 10.9 Å². The Bertz CT molecular complexity index is 746. The number of aromatic amines is 1. The van der Waals surface area contributed by atoms with Crippen LogP contribution in [0.3, 0.4) is 0 Å². The standard InChI is InChI=1S/C14H14ClF3N4O/c1-2-3-4-19-13-21-7-9(12(23)22-13)11-10(15)5-8(6-20-11)14(16,17)18/h5-7H,2-4H2,1H3,(H2,19,21,22,23). The molecule has 0 aliphatic heterocycles. The summed E-state index contributed by atoms with van der Waals surface area (Å²) in [6.45, 7) is 2.68. The molecule has 0 unspecified atom stereocenters. The summed E-state index contributed by atoms with van der Waals surface area (Å²) in [5.41, 5.74) is -1.56. The van der Waals surface area contributed by atoms with Crippen LogP contribution in [0.1, 0.15) is 25.3 Å². The smallest absolute Gasteiger partial charge is 0.356 e. The topological polar surface area (TPSA) is 70.7 Å². The number of aromatic nitrogens is 3. The SMILES string of the molecule is CCCCNc1ncc(-c2ncc(C(F)(F)F)cc2Cl)c(=O)[nH]1. The number of anilines is 1. The number of H-pyrrole nitrogens is 1. The Labute approximate surface area is 134 Å². The average Bonchev–Trinajstić information content (AvgIpc) is 2.47. The van der Waals surface area contributed by atoms with Crippen LogP contribution in [0.15, 0.2) is 23.3 Å². The molecule has 5 nitrogen and oxygen atoms in total. The number of hydrogen-bond donors (Lipinski definition) is 2. The number of rotatable bonds is 5. The molecule has 0 aromatic carbocycles. The lowest BCUT2D eigenvalue weighted by atomic mass is 10.2. The van der Waals surface area contributed by atoms with E-state index < -0.39 is 17.3 Å². The normalized spacial score (nSPS) is 11.5. The van der Waals surface area contributed by atoms with E-state index in [2.05, 4.69) is 20.3 Å². The van der Waals surface area contributed by atoms with Crippen molar-refractivity contribution in [2.24, 2.45) is 0 Å². The van der Waals surface area contributed by atoms with Gasteiger partial charge in [0.05, 0.1) is 21.8 Å². The second-order valence-corrected chi connectivity index (χ2v) is 5.21. The Morgan fingerprint density at radius 1 is 1.30 bits per heavy atom. The maximum absolute atomic E-state index is 12.6. The van der Waals surface area contributed by atoms with Crippen LogP contribution in [-0.4, -0.2) is 21.5 Å². The average molecular weight is 347 g/mol. The quantitative estimate of drug-likeness (QED) is 0.809. The van der Waals surface area contributed by atoms with Crippen molar-refractivity contribution in [2.45, 2.75) is 25.9 Å². The highest BCUT2D eigenvalue weighted by molar-refractivity contribution is 6.33. The Kier molecular flexibility index (Phi) is 5.25. The summed E-state index contributed by atoms with van der Waals surface area (Å²) >= 11 is 5.83. The van der Waals surface area contributed by atoms with Crippen molar-refractivity contribution in [1.29, 1.82) is 0 Å². The Morgan fingerprint density at radius 2 is 2.04 bits per heavy atom. The molecule has 0 aliphatic carbocycles. The number of nitrogens with one attached hydrogen (secondary N) is 2. The molecule has 2 heterocycles. The zero-order valence-electron chi connectivity index (χ0n) is 12.2. The minimum atomic E-state index is -4.55. The van der Waals surface area contributed by atoms with Crippen LogP contribution in [0.25, 0.3) is 11.3 Å². The van der Waals surface area contributed by atoms with Gasteiger partial charge in [0.2, 0.25) is 5.95 Å². The minimum absolute atomic E-state index is 0.00441. The molecular formula is C14H14ClF3N4O. The molecule has 0 amide bonds. The first-order chi connectivity index (χ1) is 10.8. The van der Waals surface area contributed by atoms with Gasteiger partial charge in [0.1, 0.15) is 0 Å². The number of alkyl halides is 3. The third kappa shape index (κ3) is 4.22. The summed E-state index contributed by atoms with van der Waals surface area (Å²) in [6, 6.07) is 0.733. The Balaban J connectivity index is 2.30. The van der Waals surface area contributed by atoms with Gasteiger partial charge in [-0.05, 0) is 12.5 Å². The van der Waals surface area contributed by atoms with Gasteiger partial charge in [-0.25, -0.2) is 4.98 Å². The van der Waals surface area contributed by atoms with Crippen molar-refractivity contribution in [3.63, 3.8) is 0 Å². The lowest BCUT2D eigenvalue weighted by Crippen LogP contribution is -2.16. The minimum Gasteiger partial charge on any atom is -0.356 e. The molecular weight excluding hydrogens is 333 g/mol. The van der Waals surface area contributed by atoms with Crippen LogP contribution in [0.2, 0.25) is 5.02 Å². The fourth-order valence-electron chi connectivity index (χ4n) is 1.83. The van der Waals surface area contributed by atoms with E-state index in [9.17, 15) is 18.0 Å². The fourth-order valence-corrected chi connectivity index (χ4v) is 2.10. The van der Waals surface area contributed by atoms with Crippen molar-refractivity contribution in [3.05, 3.63) is 39.4 Å². The van der Waals surface area contributed by atoms with Crippen LogP contribution in [0, 0.1) is 0 Å². The van der Waals surface area contributed by atoms with Gasteiger partial charge in [0.15, 0.2) is 0 Å². The number of unbranched alkanes of at least 4 members (excludes halogenated alkanes) is 1. The van der Waals surface area contributed by atoms with Gasteiger partial charge >= 0.3 is 6.18 Å². The Hall–Kier alpha value is -2.09. The van der Waals surface area contributed by atoms with Gasteiger partial charge in [-0.1, -0.05) is 24.9 Å². The lowest BCUT2D eigenvalue weighted by molar-refractivity contribution is -0.137. The summed E-state index contributed by atoms with van der Waals surface area (Å²) in [6.07, 6.45) is -0.784. The van der Waals surface area contributed by atoms with Crippen molar-refractivity contribution >= 4 is 17.5 Å². The molecule has 0 spiro atoms. The number of halogens is 4. The van der Waals surface area contributed by atoms with E-state index in [0.29, 0.717) is 12.7 Å². The highest BCUT2D eigenvalue weighted by Crippen LogP contribution is 2.33. The number of nitrogens with zero attached hydrogens (tertiary/aromatic N) is 2. The third-order valence-corrected chi connectivity index (χ3v) is 3.33. The van der Waals surface area contributed by atoms with E-state index in [4.69, 9.17) is 11.6 Å². The molecule has 2 aromatic rings. The Morgan fingerprint density at radius 3 is 2.61 bits per heavy atom. The summed E-state index contributed by atoms with van der Waals surface area (Å²) in [5.74, 6) is 0.287. The summed E-state index contributed by atoms with van der Waals surface area (Å²) in [5, 5.41) is 2.67. The van der Waals surface area contributed by atoms with Gasteiger partial charge in [-0.15, -0.1) is 0 Å². The fraction of sp³-hybridized carbons (Fsp3) is 0.357. The van der Waals surface area contributed by atoms with E-state index in [-0.39, 0.29) is 22.2 Å².